The van der Waals surface area contributed by atoms with Gasteiger partial charge in [-0.3, -0.25) is 0 Å². The standard InChI is InChI=1S/C15H31NO2/c1-14(2,3)16-11-10-15(4,17)9-5-7-13-8-6-12-18-13/h13,16-17H,5-12H2,1-4H3. The van der Waals surface area contributed by atoms with Crippen LogP contribution in [0.3, 0.4) is 0 Å². The molecule has 2 atom stereocenters. The molecule has 1 aliphatic heterocycles. The molecule has 0 aromatic rings. The lowest BCUT2D eigenvalue weighted by Gasteiger charge is -2.27. The molecule has 0 saturated carbocycles. The van der Waals surface area contributed by atoms with Crippen molar-refractivity contribution in [3.8, 4) is 0 Å². The smallest absolute Gasteiger partial charge is 0.0631 e. The fraction of sp³-hybridized carbons (Fsp3) is 1.00. The van der Waals surface area contributed by atoms with E-state index >= 15 is 0 Å². The maximum Gasteiger partial charge on any atom is 0.0631 e. The molecule has 3 heteroatoms. The Labute approximate surface area is 112 Å². The van der Waals surface area contributed by atoms with Gasteiger partial charge in [0.05, 0.1) is 11.7 Å². The molecule has 0 amide bonds. The normalized spacial score (nSPS) is 24.2. The summed E-state index contributed by atoms with van der Waals surface area (Å²) in [7, 11) is 0. The number of aliphatic hydroxyl groups is 1. The molecule has 1 fully saturated rings. The zero-order chi connectivity index (χ0) is 13.6. The third-order valence-electron chi connectivity index (χ3n) is 3.58. The highest BCUT2D eigenvalue weighted by Gasteiger charge is 2.22. The molecule has 0 aromatic heterocycles. The van der Waals surface area contributed by atoms with Crippen molar-refractivity contribution in [1.29, 1.82) is 0 Å². The summed E-state index contributed by atoms with van der Waals surface area (Å²) in [4.78, 5) is 0. The highest BCUT2D eigenvalue weighted by Crippen LogP contribution is 2.22. The Kier molecular flexibility index (Phi) is 6.09. The average molecular weight is 257 g/mol. The first-order valence-electron chi connectivity index (χ1n) is 7.38. The second kappa shape index (κ2) is 6.88. The summed E-state index contributed by atoms with van der Waals surface area (Å²) in [5.41, 5.74) is -0.412. The van der Waals surface area contributed by atoms with Crippen molar-refractivity contribution in [2.45, 2.75) is 83.5 Å². The zero-order valence-corrected chi connectivity index (χ0v) is 12.6. The highest BCUT2D eigenvalue weighted by atomic mass is 16.5. The van der Waals surface area contributed by atoms with Gasteiger partial charge in [0.2, 0.25) is 0 Å². The largest absolute Gasteiger partial charge is 0.390 e. The van der Waals surface area contributed by atoms with Crippen LogP contribution in [0.15, 0.2) is 0 Å². The van der Waals surface area contributed by atoms with Crippen LogP contribution < -0.4 is 5.32 Å². The lowest BCUT2D eigenvalue weighted by molar-refractivity contribution is 0.0317. The predicted octanol–water partition coefficient (Wildman–Crippen LogP) is 2.86. The zero-order valence-electron chi connectivity index (χ0n) is 12.6. The molecule has 0 aliphatic carbocycles. The van der Waals surface area contributed by atoms with Gasteiger partial charge in [0.1, 0.15) is 0 Å². The first-order valence-corrected chi connectivity index (χ1v) is 7.38. The summed E-state index contributed by atoms with van der Waals surface area (Å²) in [5.74, 6) is 0. The third kappa shape index (κ3) is 7.34. The van der Waals surface area contributed by atoms with E-state index < -0.39 is 5.60 Å². The SMILES string of the molecule is CC(O)(CCCC1CCCO1)CCNC(C)(C)C. The number of rotatable bonds is 7. The Morgan fingerprint density at radius 1 is 1.22 bits per heavy atom. The topological polar surface area (TPSA) is 41.5 Å². The lowest BCUT2D eigenvalue weighted by Crippen LogP contribution is -2.39. The Hall–Kier alpha value is -0.120. The van der Waals surface area contributed by atoms with Gasteiger partial charge < -0.3 is 15.2 Å². The van der Waals surface area contributed by atoms with E-state index in [0.29, 0.717) is 6.10 Å². The first-order chi connectivity index (χ1) is 8.29. The second-order valence-electron chi connectivity index (χ2n) is 6.95. The molecular formula is C15H31NO2. The van der Waals surface area contributed by atoms with Crippen molar-refractivity contribution in [2.24, 2.45) is 0 Å². The average Bonchev–Trinajstić information content (AvgIpc) is 2.67. The fourth-order valence-electron chi connectivity index (χ4n) is 2.41. The van der Waals surface area contributed by atoms with E-state index in [4.69, 9.17) is 4.74 Å². The fourth-order valence-corrected chi connectivity index (χ4v) is 2.41. The molecule has 0 bridgehead atoms. The monoisotopic (exact) mass is 257 g/mol. The van der Waals surface area contributed by atoms with E-state index in [1.54, 1.807) is 0 Å². The molecule has 18 heavy (non-hydrogen) atoms. The van der Waals surface area contributed by atoms with Crippen molar-refractivity contribution in [3.05, 3.63) is 0 Å². The van der Waals surface area contributed by atoms with Crippen molar-refractivity contribution in [1.82, 2.24) is 5.32 Å². The van der Waals surface area contributed by atoms with Crippen LogP contribution in [0, 0.1) is 0 Å². The first kappa shape index (κ1) is 15.9. The number of nitrogens with one attached hydrogen (secondary N) is 1. The van der Waals surface area contributed by atoms with Crippen LogP contribution in [0.1, 0.15) is 66.2 Å². The Morgan fingerprint density at radius 2 is 1.94 bits per heavy atom. The summed E-state index contributed by atoms with van der Waals surface area (Å²) in [6.07, 6.45) is 6.71. The molecule has 0 aromatic carbocycles. The van der Waals surface area contributed by atoms with Gasteiger partial charge in [0, 0.05) is 12.1 Å². The molecule has 3 nitrogen and oxygen atoms in total. The number of ether oxygens (including phenoxy) is 1. The van der Waals surface area contributed by atoms with Gasteiger partial charge in [-0.25, -0.2) is 0 Å². The molecule has 2 N–H and O–H groups in total. The molecule has 0 radical (unpaired) electrons. The van der Waals surface area contributed by atoms with Gasteiger partial charge in [-0.15, -0.1) is 0 Å². The molecule has 1 heterocycles. The van der Waals surface area contributed by atoms with Crippen LogP contribution in [-0.4, -0.2) is 35.5 Å². The van der Waals surface area contributed by atoms with E-state index in [-0.39, 0.29) is 5.54 Å². The minimum absolute atomic E-state index is 0.133. The van der Waals surface area contributed by atoms with Crippen molar-refractivity contribution < 1.29 is 9.84 Å². The summed E-state index contributed by atoms with van der Waals surface area (Å²) in [6, 6.07) is 0. The Bertz CT molecular complexity index is 227. The second-order valence-corrected chi connectivity index (χ2v) is 6.95. The minimum Gasteiger partial charge on any atom is -0.390 e. The van der Waals surface area contributed by atoms with Gasteiger partial charge in [-0.2, -0.15) is 0 Å². The van der Waals surface area contributed by atoms with E-state index in [0.717, 1.165) is 38.8 Å². The predicted molar refractivity (Wildman–Crippen MR) is 75.8 cm³/mol. The van der Waals surface area contributed by atoms with E-state index in [2.05, 4.69) is 26.1 Å². The maximum atomic E-state index is 10.3. The lowest BCUT2D eigenvalue weighted by atomic mass is 9.93. The number of hydrogen-bond donors (Lipinski definition) is 2. The van der Waals surface area contributed by atoms with Crippen molar-refractivity contribution in [3.63, 3.8) is 0 Å². The van der Waals surface area contributed by atoms with Crippen LogP contribution in [0.2, 0.25) is 0 Å². The van der Waals surface area contributed by atoms with Crippen LogP contribution in [0.5, 0.6) is 0 Å². The van der Waals surface area contributed by atoms with Gasteiger partial charge in [0.25, 0.3) is 0 Å². The molecule has 1 saturated heterocycles. The summed E-state index contributed by atoms with van der Waals surface area (Å²) in [5, 5.41) is 13.7. The van der Waals surface area contributed by atoms with E-state index in [1.165, 1.54) is 12.8 Å². The van der Waals surface area contributed by atoms with Gasteiger partial charge in [-0.1, -0.05) is 0 Å². The minimum atomic E-state index is -0.545. The Balaban J connectivity index is 2.10. The quantitative estimate of drug-likeness (QED) is 0.737. The molecular weight excluding hydrogens is 226 g/mol. The van der Waals surface area contributed by atoms with Crippen molar-refractivity contribution >= 4 is 0 Å². The summed E-state index contributed by atoms with van der Waals surface area (Å²) >= 11 is 0. The Morgan fingerprint density at radius 3 is 2.50 bits per heavy atom. The number of hydrogen-bond acceptors (Lipinski definition) is 3. The summed E-state index contributed by atoms with van der Waals surface area (Å²) in [6.45, 7) is 10.2. The van der Waals surface area contributed by atoms with Crippen LogP contribution >= 0.6 is 0 Å². The van der Waals surface area contributed by atoms with Gasteiger partial charge in [0.15, 0.2) is 0 Å². The molecule has 108 valence electrons. The van der Waals surface area contributed by atoms with E-state index in [9.17, 15) is 5.11 Å². The highest BCUT2D eigenvalue weighted by molar-refractivity contribution is 4.78. The van der Waals surface area contributed by atoms with Crippen LogP contribution in [-0.2, 0) is 4.74 Å². The molecule has 2 unspecified atom stereocenters. The van der Waals surface area contributed by atoms with Crippen LogP contribution in [0.25, 0.3) is 0 Å². The summed E-state index contributed by atoms with van der Waals surface area (Å²) < 4.78 is 5.60. The van der Waals surface area contributed by atoms with Crippen molar-refractivity contribution in [2.75, 3.05) is 13.2 Å². The van der Waals surface area contributed by atoms with Gasteiger partial charge in [-0.05, 0) is 72.8 Å². The third-order valence-corrected chi connectivity index (χ3v) is 3.58. The van der Waals surface area contributed by atoms with Crippen LogP contribution in [0.4, 0.5) is 0 Å². The van der Waals surface area contributed by atoms with Gasteiger partial charge >= 0.3 is 0 Å². The molecule has 1 aliphatic rings. The molecule has 0 spiro atoms. The molecule has 1 rings (SSSR count). The van der Waals surface area contributed by atoms with E-state index in [1.807, 2.05) is 6.92 Å². The maximum absolute atomic E-state index is 10.3.